The topological polar surface area (TPSA) is 59.1 Å². The fourth-order valence-electron chi connectivity index (χ4n) is 4.09. The molecule has 0 unspecified atom stereocenters. The number of nitrogens with zero attached hydrogens (tertiary/aromatic N) is 4. The monoisotopic (exact) mass is 401 g/mol. The Bertz CT molecular complexity index is 741. The van der Waals surface area contributed by atoms with Crippen LogP contribution in [0, 0.1) is 0 Å². The fourth-order valence-corrected chi connectivity index (χ4v) is 4.09. The highest BCUT2D eigenvalue weighted by Crippen LogP contribution is 2.29. The Morgan fingerprint density at radius 2 is 1.86 bits per heavy atom. The van der Waals surface area contributed by atoms with Crippen LogP contribution in [0.1, 0.15) is 42.6 Å². The number of hydrogen-bond donors (Lipinski definition) is 1. The van der Waals surface area contributed by atoms with E-state index in [2.05, 4.69) is 29.0 Å². The second-order valence-electron chi connectivity index (χ2n) is 8.82. The van der Waals surface area contributed by atoms with Gasteiger partial charge in [0, 0.05) is 63.1 Å². The van der Waals surface area contributed by atoms with E-state index in [1.165, 1.54) is 0 Å². The first-order valence-electron chi connectivity index (χ1n) is 10.6. The molecule has 1 aromatic carbocycles. The first-order valence-corrected chi connectivity index (χ1v) is 10.6. The first-order chi connectivity index (χ1) is 13.8. The summed E-state index contributed by atoms with van der Waals surface area (Å²) in [4.78, 5) is 33.7. The van der Waals surface area contributed by atoms with E-state index >= 15 is 0 Å². The summed E-state index contributed by atoms with van der Waals surface area (Å²) in [6.07, 6.45) is 2.02. The van der Waals surface area contributed by atoms with E-state index in [0.29, 0.717) is 24.7 Å². The molecule has 1 aromatic rings. The molecule has 0 aromatic heterocycles. The summed E-state index contributed by atoms with van der Waals surface area (Å²) in [6, 6.07) is 6.46. The van der Waals surface area contributed by atoms with Gasteiger partial charge in [-0.1, -0.05) is 6.07 Å². The molecule has 0 atom stereocenters. The number of rotatable bonds is 6. The van der Waals surface area contributed by atoms with Crippen LogP contribution in [0.15, 0.2) is 18.2 Å². The van der Waals surface area contributed by atoms with Crippen molar-refractivity contribution in [2.45, 2.75) is 45.3 Å². The summed E-state index contributed by atoms with van der Waals surface area (Å²) >= 11 is 0. The van der Waals surface area contributed by atoms with Crippen molar-refractivity contribution in [1.82, 2.24) is 19.6 Å². The molecule has 1 N–H and O–H groups in total. The third-order valence-electron chi connectivity index (χ3n) is 6.10. The number of benzene rings is 1. The number of likely N-dealkylation sites (N-methyl/N-ethyl adjacent to an activating group) is 2. The quantitative estimate of drug-likeness (QED) is 0.796. The Hall–Kier alpha value is -2.12. The number of fused-ring (bicyclic) bond motifs is 1. The van der Waals surface area contributed by atoms with Crippen LogP contribution in [-0.2, 0) is 6.54 Å². The molecular formula is C22H35N5O2. The van der Waals surface area contributed by atoms with Crippen molar-refractivity contribution in [3.8, 4) is 0 Å². The maximum Gasteiger partial charge on any atom is 0.322 e. The average Bonchev–Trinajstić information content (AvgIpc) is 2.70. The second kappa shape index (κ2) is 9.13. The van der Waals surface area contributed by atoms with Crippen molar-refractivity contribution in [1.29, 1.82) is 0 Å². The number of carbonyl (C=O) groups is 2. The zero-order valence-electron chi connectivity index (χ0n) is 18.4. The third-order valence-corrected chi connectivity index (χ3v) is 6.10. The predicted octanol–water partition coefficient (Wildman–Crippen LogP) is 2.54. The molecule has 0 spiro atoms. The van der Waals surface area contributed by atoms with E-state index in [1.807, 2.05) is 44.2 Å². The first kappa shape index (κ1) is 21.6. The summed E-state index contributed by atoms with van der Waals surface area (Å²) in [5.41, 5.74) is 2.45. The molecule has 1 saturated heterocycles. The highest BCUT2D eigenvalue weighted by molar-refractivity contribution is 5.98. The number of piperidine rings is 1. The van der Waals surface area contributed by atoms with E-state index in [0.717, 1.165) is 43.7 Å². The van der Waals surface area contributed by atoms with Crippen LogP contribution < -0.4 is 5.32 Å². The smallest absolute Gasteiger partial charge is 0.322 e. The minimum Gasteiger partial charge on any atom is -0.340 e. The number of urea groups is 1. The van der Waals surface area contributed by atoms with Crippen LogP contribution in [-0.4, -0.2) is 90.9 Å². The van der Waals surface area contributed by atoms with Gasteiger partial charge in [0.1, 0.15) is 0 Å². The number of amides is 3. The summed E-state index contributed by atoms with van der Waals surface area (Å²) in [6.45, 7) is 8.60. The van der Waals surface area contributed by atoms with Crippen molar-refractivity contribution < 1.29 is 9.59 Å². The molecule has 0 saturated carbocycles. The van der Waals surface area contributed by atoms with E-state index < -0.39 is 0 Å². The zero-order valence-corrected chi connectivity index (χ0v) is 18.4. The van der Waals surface area contributed by atoms with E-state index in [-0.39, 0.29) is 18.0 Å². The van der Waals surface area contributed by atoms with Crippen LogP contribution >= 0.6 is 0 Å². The minimum absolute atomic E-state index is 0.0209. The highest BCUT2D eigenvalue weighted by Gasteiger charge is 2.32. The van der Waals surface area contributed by atoms with E-state index in [1.54, 1.807) is 4.90 Å². The largest absolute Gasteiger partial charge is 0.340 e. The lowest BCUT2D eigenvalue weighted by Gasteiger charge is -2.41. The Kier molecular flexibility index (Phi) is 6.80. The molecule has 29 heavy (non-hydrogen) atoms. The van der Waals surface area contributed by atoms with Gasteiger partial charge in [0.15, 0.2) is 0 Å². The van der Waals surface area contributed by atoms with Crippen molar-refractivity contribution >= 4 is 17.6 Å². The molecule has 0 aliphatic carbocycles. The standard InChI is InChI=1S/C22H35N5O2/c1-16(2)26-10-8-19(9-11-26)27-15-18-7-6-17(14-20(18)23-22(27)29)21(28)25(5)13-12-24(3)4/h6-7,14,16,19H,8-13,15H2,1-5H3,(H,23,29). The summed E-state index contributed by atoms with van der Waals surface area (Å²) in [5.74, 6) is -0.0209. The van der Waals surface area contributed by atoms with Crippen LogP contribution in [0.4, 0.5) is 10.5 Å². The van der Waals surface area contributed by atoms with Crippen molar-refractivity contribution in [3.05, 3.63) is 29.3 Å². The van der Waals surface area contributed by atoms with Gasteiger partial charge in [0.2, 0.25) is 0 Å². The number of carbonyl (C=O) groups excluding carboxylic acids is 2. The molecular weight excluding hydrogens is 366 g/mol. The molecule has 2 aliphatic heterocycles. The summed E-state index contributed by atoms with van der Waals surface area (Å²) in [5, 5.41) is 3.02. The highest BCUT2D eigenvalue weighted by atomic mass is 16.2. The fraction of sp³-hybridized carbons (Fsp3) is 0.636. The Labute approximate surface area is 174 Å². The minimum atomic E-state index is -0.0499. The van der Waals surface area contributed by atoms with Crippen LogP contribution in [0.25, 0.3) is 0 Å². The number of anilines is 1. The number of nitrogens with one attached hydrogen (secondary N) is 1. The molecule has 3 rings (SSSR count). The maximum absolute atomic E-state index is 12.8. The molecule has 2 heterocycles. The van der Waals surface area contributed by atoms with Gasteiger partial charge in [-0.15, -0.1) is 0 Å². The van der Waals surface area contributed by atoms with Crippen LogP contribution in [0.2, 0.25) is 0 Å². The van der Waals surface area contributed by atoms with Crippen molar-refractivity contribution in [3.63, 3.8) is 0 Å². The maximum atomic E-state index is 12.8. The SMILES string of the molecule is CC(C)N1CCC(N2Cc3ccc(C(=O)N(C)CCN(C)C)cc3NC2=O)CC1. The van der Waals surface area contributed by atoms with Gasteiger partial charge in [0.05, 0.1) is 0 Å². The lowest BCUT2D eigenvalue weighted by molar-refractivity contribution is 0.0786. The lowest BCUT2D eigenvalue weighted by atomic mass is 9.99. The molecule has 160 valence electrons. The lowest BCUT2D eigenvalue weighted by Crippen LogP contribution is -2.51. The zero-order chi connectivity index (χ0) is 21.1. The molecule has 0 radical (unpaired) electrons. The normalized spacial score (nSPS) is 18.2. The van der Waals surface area contributed by atoms with Crippen molar-refractivity contribution in [2.24, 2.45) is 0 Å². The van der Waals surface area contributed by atoms with Crippen LogP contribution in [0.5, 0.6) is 0 Å². The van der Waals surface area contributed by atoms with Gasteiger partial charge in [-0.2, -0.15) is 0 Å². The van der Waals surface area contributed by atoms with Gasteiger partial charge in [-0.05, 0) is 58.5 Å². The molecule has 3 amide bonds. The Balaban J connectivity index is 1.66. The predicted molar refractivity (Wildman–Crippen MR) is 116 cm³/mol. The number of hydrogen-bond acceptors (Lipinski definition) is 4. The van der Waals surface area contributed by atoms with Gasteiger partial charge >= 0.3 is 6.03 Å². The molecule has 1 fully saturated rings. The van der Waals surface area contributed by atoms with Crippen LogP contribution in [0.3, 0.4) is 0 Å². The van der Waals surface area contributed by atoms with Gasteiger partial charge in [-0.3, -0.25) is 4.79 Å². The second-order valence-corrected chi connectivity index (χ2v) is 8.82. The third kappa shape index (κ3) is 5.08. The van der Waals surface area contributed by atoms with Gasteiger partial charge in [-0.25, -0.2) is 4.79 Å². The van der Waals surface area contributed by atoms with Crippen molar-refractivity contribution in [2.75, 3.05) is 52.6 Å². The Morgan fingerprint density at radius 1 is 1.17 bits per heavy atom. The van der Waals surface area contributed by atoms with E-state index in [4.69, 9.17) is 0 Å². The molecule has 7 heteroatoms. The molecule has 7 nitrogen and oxygen atoms in total. The average molecular weight is 402 g/mol. The molecule has 0 bridgehead atoms. The molecule has 2 aliphatic rings. The summed E-state index contributed by atoms with van der Waals surface area (Å²) < 4.78 is 0. The van der Waals surface area contributed by atoms with E-state index in [9.17, 15) is 9.59 Å². The van der Waals surface area contributed by atoms with Gasteiger partial charge < -0.3 is 24.9 Å². The Morgan fingerprint density at radius 3 is 2.48 bits per heavy atom. The summed E-state index contributed by atoms with van der Waals surface area (Å²) in [7, 11) is 5.80. The number of likely N-dealkylation sites (tertiary alicyclic amines) is 1. The van der Waals surface area contributed by atoms with Gasteiger partial charge in [0.25, 0.3) is 5.91 Å².